The lowest BCUT2D eigenvalue weighted by Gasteiger charge is -2.36. The largest absolute Gasteiger partial charge is 0.369 e. The maximum atomic E-state index is 13.3. The van der Waals surface area contributed by atoms with Crippen LogP contribution in [-0.4, -0.2) is 38.9 Å². The summed E-state index contributed by atoms with van der Waals surface area (Å²) in [6.07, 6.45) is 0. The zero-order valence-electron chi connectivity index (χ0n) is 16.6. The smallest absolute Gasteiger partial charge is 0.243 e. The first-order valence-electron chi connectivity index (χ1n) is 9.22. The highest BCUT2D eigenvalue weighted by Crippen LogP contribution is 2.33. The summed E-state index contributed by atoms with van der Waals surface area (Å²) in [7, 11) is -3.51. The number of hydrogen-bond donors (Lipinski definition) is 0. The van der Waals surface area contributed by atoms with Crippen molar-refractivity contribution in [1.29, 1.82) is 0 Å². The quantitative estimate of drug-likeness (QED) is 0.690. The van der Waals surface area contributed by atoms with E-state index in [1.807, 2.05) is 26.8 Å². The van der Waals surface area contributed by atoms with Crippen LogP contribution in [0.3, 0.4) is 0 Å². The van der Waals surface area contributed by atoms with Crippen molar-refractivity contribution in [2.75, 3.05) is 31.1 Å². The van der Waals surface area contributed by atoms with E-state index in [4.69, 9.17) is 0 Å². The monoisotopic (exact) mass is 450 g/mol. The van der Waals surface area contributed by atoms with Crippen LogP contribution < -0.4 is 4.90 Å². The van der Waals surface area contributed by atoms with E-state index in [1.54, 1.807) is 4.31 Å². The van der Waals surface area contributed by atoms with Crippen molar-refractivity contribution in [2.45, 2.75) is 39.5 Å². The number of sulfonamides is 1. The minimum absolute atomic E-state index is 0.445. The van der Waals surface area contributed by atoms with E-state index in [-0.39, 0.29) is 0 Å². The Morgan fingerprint density at radius 2 is 1.48 bits per heavy atom. The van der Waals surface area contributed by atoms with Crippen LogP contribution in [0, 0.1) is 34.6 Å². The lowest BCUT2D eigenvalue weighted by Crippen LogP contribution is -2.49. The molecule has 0 unspecified atom stereocenters. The van der Waals surface area contributed by atoms with Crippen molar-refractivity contribution in [3.8, 4) is 0 Å². The first-order chi connectivity index (χ1) is 12.6. The molecule has 0 N–H and O–H groups in total. The molecule has 0 aliphatic carbocycles. The molecule has 1 saturated heterocycles. The number of benzene rings is 2. The highest BCUT2D eigenvalue weighted by Gasteiger charge is 2.32. The molecule has 6 heteroatoms. The summed E-state index contributed by atoms with van der Waals surface area (Å²) in [6, 6.07) is 8.24. The Labute approximate surface area is 171 Å². The molecule has 0 amide bonds. The number of anilines is 1. The fourth-order valence-electron chi connectivity index (χ4n) is 3.92. The number of hydrogen-bond acceptors (Lipinski definition) is 3. The second-order valence-corrected chi connectivity index (χ2v) is 10.1. The second-order valence-electron chi connectivity index (χ2n) is 7.39. The lowest BCUT2D eigenvalue weighted by atomic mass is 10.1. The van der Waals surface area contributed by atoms with E-state index in [2.05, 4.69) is 52.9 Å². The number of nitrogens with zero attached hydrogens (tertiary/aromatic N) is 2. The Balaban J connectivity index is 1.86. The Hall–Kier alpha value is -1.37. The maximum absolute atomic E-state index is 13.3. The van der Waals surface area contributed by atoms with Crippen LogP contribution in [0.1, 0.15) is 27.8 Å². The Kier molecular flexibility index (Phi) is 5.71. The summed E-state index contributed by atoms with van der Waals surface area (Å²) >= 11 is 3.54. The van der Waals surface area contributed by atoms with Crippen molar-refractivity contribution >= 4 is 31.6 Å². The topological polar surface area (TPSA) is 40.6 Å². The van der Waals surface area contributed by atoms with Crippen molar-refractivity contribution < 1.29 is 8.42 Å². The molecule has 2 aromatic carbocycles. The zero-order valence-corrected chi connectivity index (χ0v) is 19.0. The molecular formula is C21H27BrN2O2S. The van der Waals surface area contributed by atoms with Crippen molar-refractivity contribution in [1.82, 2.24) is 4.31 Å². The fraction of sp³-hybridized carbons (Fsp3) is 0.429. The van der Waals surface area contributed by atoms with Gasteiger partial charge in [-0.2, -0.15) is 4.31 Å². The molecule has 0 atom stereocenters. The van der Waals surface area contributed by atoms with Crippen LogP contribution in [0.15, 0.2) is 33.6 Å². The third kappa shape index (κ3) is 3.67. The van der Waals surface area contributed by atoms with Gasteiger partial charge in [0.25, 0.3) is 0 Å². The van der Waals surface area contributed by atoms with Gasteiger partial charge in [-0.1, -0.05) is 34.1 Å². The molecule has 1 aliphatic rings. The van der Waals surface area contributed by atoms with Gasteiger partial charge < -0.3 is 4.90 Å². The van der Waals surface area contributed by atoms with Crippen LogP contribution >= 0.6 is 15.9 Å². The number of aryl methyl sites for hydroxylation is 3. The van der Waals surface area contributed by atoms with Crippen molar-refractivity contribution in [3.63, 3.8) is 0 Å². The van der Waals surface area contributed by atoms with E-state index < -0.39 is 10.0 Å². The maximum Gasteiger partial charge on any atom is 0.243 e. The predicted molar refractivity (Wildman–Crippen MR) is 115 cm³/mol. The Morgan fingerprint density at radius 1 is 0.852 bits per heavy atom. The van der Waals surface area contributed by atoms with Gasteiger partial charge >= 0.3 is 0 Å². The first-order valence-corrected chi connectivity index (χ1v) is 11.5. The SMILES string of the molecule is Cc1cccc(N2CCN(S(=O)(=O)c3c(C)cc(C)c(Br)c3C)CC2)c1C. The van der Waals surface area contributed by atoms with Gasteiger partial charge in [-0.25, -0.2) is 8.42 Å². The van der Waals surface area contributed by atoms with Gasteiger partial charge in [0, 0.05) is 36.3 Å². The molecule has 146 valence electrons. The Bertz CT molecular complexity index is 978. The van der Waals surface area contributed by atoms with E-state index in [0.29, 0.717) is 31.1 Å². The molecule has 0 bridgehead atoms. The summed E-state index contributed by atoms with van der Waals surface area (Å²) in [5, 5.41) is 0. The third-order valence-electron chi connectivity index (χ3n) is 5.56. The van der Waals surface area contributed by atoms with E-state index in [0.717, 1.165) is 21.2 Å². The lowest BCUT2D eigenvalue weighted by molar-refractivity contribution is 0.384. The Morgan fingerprint density at radius 3 is 2.11 bits per heavy atom. The van der Waals surface area contributed by atoms with Gasteiger partial charge in [0.15, 0.2) is 0 Å². The molecule has 1 fully saturated rings. The average molecular weight is 451 g/mol. The van der Waals surface area contributed by atoms with Gasteiger partial charge in [0.05, 0.1) is 4.90 Å². The fourth-order valence-corrected chi connectivity index (χ4v) is 6.22. The number of halogens is 1. The van der Waals surface area contributed by atoms with Crippen LogP contribution in [-0.2, 0) is 10.0 Å². The number of rotatable bonds is 3. The highest BCUT2D eigenvalue weighted by atomic mass is 79.9. The molecule has 0 aromatic heterocycles. The standard InChI is InChI=1S/C21H27BrN2O2S/c1-14-7-6-8-19(17(14)4)23-9-11-24(12-10-23)27(25,26)21-16(3)13-15(2)20(22)18(21)5/h6-8,13H,9-12H2,1-5H3. The summed E-state index contributed by atoms with van der Waals surface area (Å²) in [4.78, 5) is 2.74. The van der Waals surface area contributed by atoms with Crippen molar-refractivity contribution in [2.24, 2.45) is 0 Å². The molecule has 3 rings (SSSR count). The summed E-state index contributed by atoms with van der Waals surface area (Å²) in [5.74, 6) is 0. The predicted octanol–water partition coefficient (Wildman–Crippen LogP) is 4.50. The van der Waals surface area contributed by atoms with E-state index in [1.165, 1.54) is 16.8 Å². The minimum Gasteiger partial charge on any atom is -0.369 e. The molecule has 0 radical (unpaired) electrons. The van der Waals surface area contributed by atoms with E-state index in [9.17, 15) is 8.42 Å². The zero-order chi connectivity index (χ0) is 19.9. The summed E-state index contributed by atoms with van der Waals surface area (Å²) in [6.45, 7) is 12.4. The van der Waals surface area contributed by atoms with E-state index >= 15 is 0 Å². The summed E-state index contributed by atoms with van der Waals surface area (Å²) in [5.41, 5.74) is 6.40. The van der Waals surface area contributed by atoms with Crippen LogP contribution in [0.5, 0.6) is 0 Å². The second kappa shape index (κ2) is 7.57. The summed E-state index contributed by atoms with van der Waals surface area (Å²) < 4.78 is 29.2. The minimum atomic E-state index is -3.51. The molecule has 1 heterocycles. The highest BCUT2D eigenvalue weighted by molar-refractivity contribution is 9.10. The van der Waals surface area contributed by atoms with Crippen LogP contribution in [0.4, 0.5) is 5.69 Å². The molecule has 0 saturated carbocycles. The number of piperazine rings is 1. The van der Waals surface area contributed by atoms with Gasteiger partial charge in [0.2, 0.25) is 10.0 Å². The third-order valence-corrected chi connectivity index (χ3v) is 8.97. The van der Waals surface area contributed by atoms with Crippen LogP contribution in [0.2, 0.25) is 0 Å². The van der Waals surface area contributed by atoms with Gasteiger partial charge in [-0.15, -0.1) is 0 Å². The normalized spacial score (nSPS) is 16.0. The molecule has 1 aliphatic heterocycles. The average Bonchev–Trinajstić information content (AvgIpc) is 2.62. The molecule has 4 nitrogen and oxygen atoms in total. The first kappa shape index (κ1) is 20.4. The molecule has 2 aromatic rings. The van der Waals surface area contributed by atoms with Crippen LogP contribution in [0.25, 0.3) is 0 Å². The molecular weight excluding hydrogens is 424 g/mol. The van der Waals surface area contributed by atoms with Crippen molar-refractivity contribution in [3.05, 3.63) is 56.6 Å². The van der Waals surface area contributed by atoms with Gasteiger partial charge in [-0.3, -0.25) is 0 Å². The molecule has 0 spiro atoms. The molecule has 27 heavy (non-hydrogen) atoms. The van der Waals surface area contributed by atoms with Gasteiger partial charge in [-0.05, 0) is 68.5 Å². The van der Waals surface area contributed by atoms with Gasteiger partial charge in [0.1, 0.15) is 0 Å².